The van der Waals surface area contributed by atoms with E-state index in [4.69, 9.17) is 4.52 Å². The van der Waals surface area contributed by atoms with Gasteiger partial charge in [0.2, 0.25) is 5.91 Å². The molecule has 1 amide bonds. The topological polar surface area (TPSA) is 85.8 Å². The Balaban J connectivity index is 1.56. The number of alkyl halides is 5. The zero-order valence-electron chi connectivity index (χ0n) is 15.8. The number of carbonyl (C=O) groups is 1. The first-order chi connectivity index (χ1) is 13.9. The number of carbonyl (C=O) groups excluding carboxylic acids is 1. The van der Waals surface area contributed by atoms with Crippen molar-refractivity contribution >= 4 is 22.9 Å². The molecule has 3 aromatic rings. The molecular formula is C18H16F5N5O2. The van der Waals surface area contributed by atoms with Gasteiger partial charge in [0.15, 0.2) is 22.9 Å². The van der Waals surface area contributed by atoms with Crippen molar-refractivity contribution in [3.05, 3.63) is 35.0 Å². The van der Waals surface area contributed by atoms with E-state index in [1.165, 1.54) is 0 Å². The van der Waals surface area contributed by atoms with Crippen molar-refractivity contribution in [1.82, 2.24) is 19.7 Å². The molecule has 3 aromatic heterocycles. The molecule has 0 aliphatic heterocycles. The van der Waals surface area contributed by atoms with Crippen LogP contribution in [0.25, 0.3) is 11.2 Å². The number of aromatic nitrogens is 4. The van der Waals surface area contributed by atoms with Crippen LogP contribution in [0.15, 0.2) is 16.7 Å². The van der Waals surface area contributed by atoms with Crippen molar-refractivity contribution in [2.45, 2.75) is 45.3 Å². The van der Waals surface area contributed by atoms with Crippen molar-refractivity contribution in [2.75, 3.05) is 5.32 Å². The Morgan fingerprint density at radius 2 is 2.00 bits per heavy atom. The summed E-state index contributed by atoms with van der Waals surface area (Å²) in [6, 6.07) is 2.46. The number of fused-ring (bicyclic) bond motifs is 1. The number of nitrogens with one attached hydrogen (secondary N) is 1. The quantitative estimate of drug-likeness (QED) is 0.618. The van der Waals surface area contributed by atoms with Crippen molar-refractivity contribution in [1.29, 1.82) is 0 Å². The van der Waals surface area contributed by atoms with Gasteiger partial charge >= 0.3 is 6.18 Å². The van der Waals surface area contributed by atoms with Gasteiger partial charge in [0.25, 0.3) is 5.92 Å². The minimum absolute atomic E-state index is 0.00915. The minimum atomic E-state index is -4.61. The van der Waals surface area contributed by atoms with Crippen molar-refractivity contribution in [2.24, 2.45) is 5.92 Å². The zero-order valence-corrected chi connectivity index (χ0v) is 15.8. The van der Waals surface area contributed by atoms with Gasteiger partial charge in [-0.25, -0.2) is 18.7 Å². The lowest BCUT2D eigenvalue weighted by Crippen LogP contribution is -2.16. The van der Waals surface area contributed by atoms with Gasteiger partial charge in [0.05, 0.1) is 12.2 Å². The molecule has 1 fully saturated rings. The van der Waals surface area contributed by atoms with E-state index in [0.29, 0.717) is 22.6 Å². The van der Waals surface area contributed by atoms with E-state index in [2.05, 4.69) is 20.4 Å². The van der Waals surface area contributed by atoms with Crippen LogP contribution in [0.1, 0.15) is 35.7 Å². The predicted octanol–water partition coefficient (Wildman–Crippen LogP) is 4.09. The monoisotopic (exact) mass is 429 g/mol. The number of amides is 1. The molecule has 0 unspecified atom stereocenters. The van der Waals surface area contributed by atoms with Gasteiger partial charge in [-0.1, -0.05) is 5.16 Å². The van der Waals surface area contributed by atoms with E-state index in [0.717, 1.165) is 6.07 Å². The van der Waals surface area contributed by atoms with Gasteiger partial charge in [-0.2, -0.15) is 13.2 Å². The standard InChI is InChI=1S/C18H16F5N5O2/c1-8-3-12-16(28(8)7-11-5-13(27-30-11)18(21,22)23)24-9(2)15(25-12)26-14(29)4-10-6-17(10,19)20/h3,5,10H,4,6-7H2,1-2H3,(H,25,26,29)/t10-/m0/s1. The lowest BCUT2D eigenvalue weighted by atomic mass is 10.2. The number of hydrogen-bond donors (Lipinski definition) is 1. The number of anilines is 1. The van der Waals surface area contributed by atoms with Gasteiger partial charge in [-0.3, -0.25) is 4.79 Å². The summed E-state index contributed by atoms with van der Waals surface area (Å²) in [4.78, 5) is 20.7. The maximum atomic E-state index is 13.0. The Labute approximate surface area is 166 Å². The Hall–Kier alpha value is -3.05. The molecule has 1 N–H and O–H groups in total. The summed E-state index contributed by atoms with van der Waals surface area (Å²) in [5.74, 6) is -4.19. The van der Waals surface area contributed by atoms with Gasteiger partial charge < -0.3 is 14.4 Å². The van der Waals surface area contributed by atoms with E-state index in [9.17, 15) is 26.7 Å². The molecular weight excluding hydrogens is 413 g/mol. The number of nitrogens with zero attached hydrogens (tertiary/aromatic N) is 4. The maximum Gasteiger partial charge on any atom is 0.436 e. The van der Waals surface area contributed by atoms with Crippen LogP contribution < -0.4 is 5.32 Å². The molecule has 0 spiro atoms. The van der Waals surface area contributed by atoms with E-state index in [1.807, 2.05) is 0 Å². The van der Waals surface area contributed by atoms with Crippen molar-refractivity contribution in [3.8, 4) is 0 Å². The third-order valence-corrected chi connectivity index (χ3v) is 4.91. The van der Waals surface area contributed by atoms with Crippen LogP contribution in [0.4, 0.5) is 27.8 Å². The maximum absolute atomic E-state index is 13.0. The van der Waals surface area contributed by atoms with Crippen LogP contribution in [0.2, 0.25) is 0 Å². The van der Waals surface area contributed by atoms with Crippen LogP contribution in [0.3, 0.4) is 0 Å². The molecule has 12 heteroatoms. The lowest BCUT2D eigenvalue weighted by Gasteiger charge is -2.09. The molecule has 30 heavy (non-hydrogen) atoms. The van der Waals surface area contributed by atoms with Gasteiger partial charge in [0.1, 0.15) is 5.52 Å². The van der Waals surface area contributed by atoms with E-state index < -0.39 is 29.6 Å². The second kappa shape index (κ2) is 6.74. The molecule has 4 rings (SSSR count). The van der Waals surface area contributed by atoms with Crippen LogP contribution in [-0.2, 0) is 17.5 Å². The second-order valence-corrected chi connectivity index (χ2v) is 7.33. The summed E-state index contributed by atoms with van der Waals surface area (Å²) in [6.07, 6.45) is -5.22. The molecule has 3 heterocycles. The molecule has 0 bridgehead atoms. The predicted molar refractivity (Wildman–Crippen MR) is 93.9 cm³/mol. The highest BCUT2D eigenvalue weighted by atomic mass is 19.4. The number of hydrogen-bond acceptors (Lipinski definition) is 5. The Morgan fingerprint density at radius 1 is 1.30 bits per heavy atom. The first-order valence-electron chi connectivity index (χ1n) is 8.99. The lowest BCUT2D eigenvalue weighted by molar-refractivity contribution is -0.142. The fourth-order valence-corrected chi connectivity index (χ4v) is 3.15. The highest BCUT2D eigenvalue weighted by Crippen LogP contribution is 2.50. The molecule has 1 saturated carbocycles. The molecule has 1 atom stereocenters. The van der Waals surface area contributed by atoms with E-state index >= 15 is 0 Å². The van der Waals surface area contributed by atoms with Crippen LogP contribution in [0.5, 0.6) is 0 Å². The molecule has 160 valence electrons. The van der Waals surface area contributed by atoms with Gasteiger partial charge in [-0.15, -0.1) is 0 Å². The molecule has 0 aromatic carbocycles. The third kappa shape index (κ3) is 3.85. The second-order valence-electron chi connectivity index (χ2n) is 7.33. The molecule has 7 nitrogen and oxygen atoms in total. The molecule has 1 aliphatic carbocycles. The summed E-state index contributed by atoms with van der Waals surface area (Å²) >= 11 is 0. The largest absolute Gasteiger partial charge is 0.436 e. The van der Waals surface area contributed by atoms with E-state index in [1.54, 1.807) is 24.5 Å². The molecule has 0 saturated heterocycles. The summed E-state index contributed by atoms with van der Waals surface area (Å²) in [7, 11) is 0. The van der Waals surface area contributed by atoms with Crippen LogP contribution >= 0.6 is 0 Å². The minimum Gasteiger partial charge on any atom is -0.359 e. The molecule has 1 aliphatic rings. The summed E-state index contributed by atoms with van der Waals surface area (Å²) < 4.78 is 70.5. The van der Waals surface area contributed by atoms with E-state index in [-0.39, 0.29) is 31.0 Å². The smallest absolute Gasteiger partial charge is 0.359 e. The van der Waals surface area contributed by atoms with Gasteiger partial charge in [-0.05, 0) is 19.9 Å². The summed E-state index contributed by atoms with van der Waals surface area (Å²) in [5, 5.41) is 5.53. The van der Waals surface area contributed by atoms with Crippen LogP contribution in [-0.4, -0.2) is 31.5 Å². The normalized spacial score (nSPS) is 18.0. The number of rotatable bonds is 5. The number of aryl methyl sites for hydroxylation is 2. The summed E-state index contributed by atoms with van der Waals surface area (Å²) in [5.41, 5.74) is 0.629. The highest BCUT2D eigenvalue weighted by Gasteiger charge is 2.57. The fraction of sp³-hybridized carbons (Fsp3) is 0.444. The van der Waals surface area contributed by atoms with Gasteiger partial charge in [0, 0.05) is 30.5 Å². The van der Waals surface area contributed by atoms with Crippen molar-refractivity contribution in [3.63, 3.8) is 0 Å². The van der Waals surface area contributed by atoms with Crippen LogP contribution in [0, 0.1) is 19.8 Å². The Kier molecular flexibility index (Phi) is 4.55. The van der Waals surface area contributed by atoms with Crippen molar-refractivity contribution < 1.29 is 31.3 Å². The average molecular weight is 429 g/mol. The summed E-state index contributed by atoms with van der Waals surface area (Å²) in [6.45, 7) is 3.25. The molecule has 0 radical (unpaired) electrons. The Bertz CT molecular complexity index is 1130. The third-order valence-electron chi connectivity index (χ3n) is 4.91. The zero-order chi connectivity index (χ0) is 21.8. The first-order valence-corrected chi connectivity index (χ1v) is 8.99. The Morgan fingerprint density at radius 3 is 2.60 bits per heavy atom. The first kappa shape index (κ1) is 20.2. The highest BCUT2D eigenvalue weighted by molar-refractivity contribution is 5.91. The SMILES string of the molecule is Cc1nc2c(cc(C)n2Cc2cc(C(F)(F)F)no2)nc1NC(=O)C[C@H]1CC1(F)F. The average Bonchev–Trinajstić information content (AvgIpc) is 2.98. The number of halogens is 5. The fourth-order valence-electron chi connectivity index (χ4n) is 3.15.